The Morgan fingerprint density at radius 1 is 1.16 bits per heavy atom. The van der Waals surface area contributed by atoms with Crippen LogP contribution in [-0.4, -0.2) is 63.3 Å². The molecule has 1 aromatic carbocycles. The van der Waals surface area contributed by atoms with E-state index in [1.165, 1.54) is 7.11 Å². The number of hydrogen-bond acceptors (Lipinski definition) is 7. The van der Waals surface area contributed by atoms with Crippen molar-refractivity contribution in [1.29, 1.82) is 0 Å². The van der Waals surface area contributed by atoms with E-state index >= 15 is 0 Å². The molecule has 9 nitrogen and oxygen atoms in total. The molecule has 176 valence electrons. The van der Waals surface area contributed by atoms with Crippen LogP contribution in [0.4, 0.5) is 4.79 Å². The fourth-order valence-electron chi connectivity index (χ4n) is 3.57. The summed E-state index contributed by atoms with van der Waals surface area (Å²) in [6.07, 6.45) is 0.208. The van der Waals surface area contributed by atoms with Crippen LogP contribution in [-0.2, 0) is 19.1 Å². The van der Waals surface area contributed by atoms with E-state index in [1.807, 2.05) is 4.90 Å². The molecule has 2 amide bonds. The van der Waals surface area contributed by atoms with Gasteiger partial charge in [0.1, 0.15) is 5.75 Å². The number of methoxy groups -OCH3 is 2. The van der Waals surface area contributed by atoms with Crippen molar-refractivity contribution < 1.29 is 28.6 Å². The fraction of sp³-hybridized carbons (Fsp3) is 0.522. The predicted octanol–water partition coefficient (Wildman–Crippen LogP) is 2.39. The van der Waals surface area contributed by atoms with Crippen LogP contribution in [0.5, 0.6) is 5.75 Å². The molecule has 0 bridgehead atoms. The van der Waals surface area contributed by atoms with Crippen LogP contribution in [0, 0.1) is 5.92 Å². The highest BCUT2D eigenvalue weighted by atomic mass is 16.5. The summed E-state index contributed by atoms with van der Waals surface area (Å²) in [5.74, 6) is 0.160. The molecule has 1 aromatic rings. The monoisotopic (exact) mass is 447 g/mol. The first-order valence-electron chi connectivity index (χ1n) is 10.7. The summed E-state index contributed by atoms with van der Waals surface area (Å²) < 4.78 is 15.3. The largest absolute Gasteiger partial charge is 0.497 e. The number of amides is 2. The van der Waals surface area contributed by atoms with Crippen molar-refractivity contribution in [2.45, 2.75) is 33.2 Å². The van der Waals surface area contributed by atoms with Crippen molar-refractivity contribution in [2.24, 2.45) is 5.92 Å². The van der Waals surface area contributed by atoms with Gasteiger partial charge < -0.3 is 24.8 Å². The summed E-state index contributed by atoms with van der Waals surface area (Å²) in [5.41, 5.74) is 1.52. The molecule has 0 radical (unpaired) electrons. The zero-order valence-corrected chi connectivity index (χ0v) is 19.4. The molecule has 0 saturated heterocycles. The number of carbonyl (C=O) groups excluding carboxylic acids is 3. The van der Waals surface area contributed by atoms with E-state index in [0.717, 1.165) is 5.56 Å². The maximum Gasteiger partial charge on any atom is 0.338 e. The maximum absolute atomic E-state index is 12.9. The molecule has 32 heavy (non-hydrogen) atoms. The van der Waals surface area contributed by atoms with Crippen molar-refractivity contribution in [3.05, 3.63) is 41.1 Å². The zero-order valence-electron chi connectivity index (χ0n) is 19.4. The van der Waals surface area contributed by atoms with Gasteiger partial charge in [0.15, 0.2) is 0 Å². The van der Waals surface area contributed by atoms with Crippen LogP contribution in [0.3, 0.4) is 0 Å². The Balaban J connectivity index is 2.43. The molecule has 1 unspecified atom stereocenters. The third-order valence-electron chi connectivity index (χ3n) is 4.96. The highest BCUT2D eigenvalue weighted by molar-refractivity contribution is 5.95. The summed E-state index contributed by atoms with van der Waals surface area (Å²) in [7, 11) is 2.92. The number of nitrogens with zero attached hydrogens (tertiary/aromatic N) is 1. The van der Waals surface area contributed by atoms with Gasteiger partial charge in [-0.15, -0.1) is 0 Å². The summed E-state index contributed by atoms with van der Waals surface area (Å²) in [6, 6.07) is 6.06. The third-order valence-corrected chi connectivity index (χ3v) is 4.96. The number of urea groups is 1. The molecule has 0 spiro atoms. The number of hydrogen-bond donors (Lipinski definition) is 2. The minimum atomic E-state index is -0.676. The highest BCUT2D eigenvalue weighted by Gasteiger charge is 2.34. The molecule has 1 aliphatic rings. The molecule has 0 aliphatic carbocycles. The topological polar surface area (TPSA) is 106 Å². The van der Waals surface area contributed by atoms with Gasteiger partial charge in [0.05, 0.1) is 38.9 Å². The van der Waals surface area contributed by atoms with E-state index in [-0.39, 0.29) is 25.5 Å². The maximum atomic E-state index is 12.9. The second-order valence-electron chi connectivity index (χ2n) is 7.87. The average Bonchev–Trinajstić information content (AvgIpc) is 2.76. The lowest BCUT2D eigenvalue weighted by Crippen LogP contribution is -2.49. The van der Waals surface area contributed by atoms with Crippen molar-refractivity contribution in [2.75, 3.05) is 40.5 Å². The lowest BCUT2D eigenvalue weighted by Gasteiger charge is -2.32. The molecular weight excluding hydrogens is 414 g/mol. The first-order valence-corrected chi connectivity index (χ1v) is 10.7. The third kappa shape index (κ3) is 6.98. The van der Waals surface area contributed by atoms with Gasteiger partial charge in [-0.05, 0) is 30.5 Å². The highest BCUT2D eigenvalue weighted by Crippen LogP contribution is 2.29. The Bertz CT molecular complexity index is 835. The minimum absolute atomic E-state index is 0.205. The predicted molar refractivity (Wildman–Crippen MR) is 119 cm³/mol. The second kappa shape index (κ2) is 12.1. The minimum Gasteiger partial charge on any atom is -0.497 e. The van der Waals surface area contributed by atoms with Crippen molar-refractivity contribution in [1.82, 2.24) is 15.5 Å². The van der Waals surface area contributed by atoms with Crippen molar-refractivity contribution in [3.63, 3.8) is 0 Å². The van der Waals surface area contributed by atoms with Gasteiger partial charge in [-0.2, -0.15) is 0 Å². The normalized spacial score (nSPS) is 16.0. The molecular formula is C23H33N3O6. The van der Waals surface area contributed by atoms with Crippen LogP contribution in [0.1, 0.15) is 38.8 Å². The van der Waals surface area contributed by atoms with E-state index in [0.29, 0.717) is 36.0 Å². The molecule has 9 heteroatoms. The Morgan fingerprint density at radius 3 is 2.41 bits per heavy atom. The SMILES string of the molecule is CCOC(=O)C1=C(CN(CCC(=O)OC)CC(C)C)NC(=O)NC1c1ccc(OC)cc1. The first-order chi connectivity index (χ1) is 15.3. The van der Waals surface area contributed by atoms with Gasteiger partial charge >= 0.3 is 18.0 Å². The molecule has 0 saturated carbocycles. The summed E-state index contributed by atoms with van der Waals surface area (Å²) in [5, 5.41) is 5.60. The van der Waals surface area contributed by atoms with E-state index in [9.17, 15) is 14.4 Å². The molecule has 1 atom stereocenters. The van der Waals surface area contributed by atoms with E-state index in [1.54, 1.807) is 38.3 Å². The zero-order chi connectivity index (χ0) is 23.7. The number of esters is 2. The van der Waals surface area contributed by atoms with E-state index in [4.69, 9.17) is 14.2 Å². The number of ether oxygens (including phenoxy) is 3. The average molecular weight is 448 g/mol. The van der Waals surface area contributed by atoms with Crippen LogP contribution < -0.4 is 15.4 Å². The molecule has 0 aromatic heterocycles. The quantitative estimate of drug-likeness (QED) is 0.502. The molecule has 2 rings (SSSR count). The van der Waals surface area contributed by atoms with Crippen LogP contribution >= 0.6 is 0 Å². The Morgan fingerprint density at radius 2 is 1.84 bits per heavy atom. The van der Waals surface area contributed by atoms with Crippen LogP contribution in [0.15, 0.2) is 35.5 Å². The lowest BCUT2D eigenvalue weighted by atomic mass is 9.94. The molecule has 1 aliphatic heterocycles. The molecule has 2 N–H and O–H groups in total. The van der Waals surface area contributed by atoms with Gasteiger partial charge in [0.2, 0.25) is 0 Å². The number of benzene rings is 1. The summed E-state index contributed by atoms with van der Waals surface area (Å²) in [4.78, 5) is 39.1. The number of carbonyl (C=O) groups is 3. The number of rotatable bonds is 11. The van der Waals surface area contributed by atoms with Crippen LogP contribution in [0.2, 0.25) is 0 Å². The summed E-state index contributed by atoms with van der Waals surface area (Å²) in [6.45, 7) is 7.45. The molecule has 0 fully saturated rings. The van der Waals surface area contributed by atoms with Crippen molar-refractivity contribution in [3.8, 4) is 5.75 Å². The van der Waals surface area contributed by atoms with Crippen molar-refractivity contribution >= 4 is 18.0 Å². The van der Waals surface area contributed by atoms with Gasteiger partial charge in [-0.1, -0.05) is 26.0 Å². The second-order valence-corrected chi connectivity index (χ2v) is 7.87. The van der Waals surface area contributed by atoms with E-state index in [2.05, 4.69) is 24.5 Å². The Kier molecular flexibility index (Phi) is 9.52. The first kappa shape index (κ1) is 25.2. The van der Waals surface area contributed by atoms with Gasteiger partial charge in [-0.3, -0.25) is 9.69 Å². The molecule has 1 heterocycles. The lowest BCUT2D eigenvalue weighted by molar-refractivity contribution is -0.141. The van der Waals surface area contributed by atoms with Gasteiger partial charge in [0, 0.05) is 25.3 Å². The Hall–Kier alpha value is -3.07. The standard InChI is InChI=1S/C23H33N3O6/c1-6-32-22(28)20-18(14-26(13-15(2)3)12-11-19(27)31-5)24-23(29)25-21(20)16-7-9-17(30-4)10-8-16/h7-10,15,21H,6,11-14H2,1-5H3,(H2,24,25,29). The van der Waals surface area contributed by atoms with Gasteiger partial charge in [0.25, 0.3) is 0 Å². The fourth-order valence-corrected chi connectivity index (χ4v) is 3.57. The number of nitrogens with one attached hydrogen (secondary N) is 2. The van der Waals surface area contributed by atoms with Gasteiger partial charge in [-0.25, -0.2) is 9.59 Å². The van der Waals surface area contributed by atoms with E-state index < -0.39 is 18.0 Å². The smallest absolute Gasteiger partial charge is 0.338 e. The Labute approximate surface area is 189 Å². The van der Waals surface area contributed by atoms with Crippen LogP contribution in [0.25, 0.3) is 0 Å². The summed E-state index contributed by atoms with van der Waals surface area (Å²) >= 11 is 0.